The second kappa shape index (κ2) is 7.61. The molecule has 1 atom stereocenters. The molecule has 9 nitrogen and oxygen atoms in total. The van der Waals surface area contributed by atoms with Crippen molar-refractivity contribution < 1.29 is 4.42 Å². The van der Waals surface area contributed by atoms with E-state index in [1.807, 2.05) is 19.2 Å². The molecule has 4 heterocycles. The molecule has 0 aliphatic heterocycles. The lowest BCUT2D eigenvalue weighted by Gasteiger charge is -2.38. The monoisotopic (exact) mass is 442 g/mol. The van der Waals surface area contributed by atoms with Gasteiger partial charge in [0.1, 0.15) is 12.9 Å². The zero-order valence-electron chi connectivity index (χ0n) is 18.1. The number of rotatable bonds is 4. The van der Waals surface area contributed by atoms with Crippen LogP contribution in [0, 0.1) is 18.8 Å². The first-order valence-electron chi connectivity index (χ1n) is 11.1. The van der Waals surface area contributed by atoms with E-state index in [-0.39, 0.29) is 24.0 Å². The zero-order valence-corrected chi connectivity index (χ0v) is 18.1. The van der Waals surface area contributed by atoms with Crippen molar-refractivity contribution in [3.63, 3.8) is 0 Å². The van der Waals surface area contributed by atoms with Gasteiger partial charge in [0.2, 0.25) is 5.89 Å². The van der Waals surface area contributed by atoms with E-state index in [1.165, 1.54) is 20.8 Å². The molecule has 166 valence electrons. The second-order valence-electron chi connectivity index (χ2n) is 8.84. The van der Waals surface area contributed by atoms with E-state index < -0.39 is 5.76 Å². The number of fused-ring (bicyclic) bond motifs is 2. The Morgan fingerprint density at radius 1 is 1.12 bits per heavy atom. The Balaban J connectivity index is 1.19. The van der Waals surface area contributed by atoms with Gasteiger partial charge in [-0.3, -0.25) is 14.3 Å². The van der Waals surface area contributed by atoms with Crippen molar-refractivity contribution in [3.05, 3.63) is 79.8 Å². The highest BCUT2D eigenvalue weighted by atomic mass is 16.4. The Morgan fingerprint density at radius 2 is 2.00 bits per heavy atom. The van der Waals surface area contributed by atoms with Crippen LogP contribution in [-0.4, -0.2) is 29.3 Å². The molecule has 1 fully saturated rings. The van der Waals surface area contributed by atoms with Crippen molar-refractivity contribution in [1.82, 2.24) is 29.3 Å². The average molecular weight is 442 g/mol. The molecule has 2 aliphatic rings. The number of aromatic nitrogens is 6. The van der Waals surface area contributed by atoms with E-state index in [0.29, 0.717) is 22.9 Å². The third-order valence-electron chi connectivity index (χ3n) is 6.80. The van der Waals surface area contributed by atoms with Gasteiger partial charge in [0.25, 0.3) is 5.56 Å². The molecule has 4 aromatic heterocycles. The van der Waals surface area contributed by atoms with Crippen molar-refractivity contribution in [2.75, 3.05) is 0 Å². The molecule has 1 saturated carbocycles. The van der Waals surface area contributed by atoms with Crippen LogP contribution in [0.15, 0.2) is 50.9 Å². The third-order valence-corrected chi connectivity index (χ3v) is 6.80. The summed E-state index contributed by atoms with van der Waals surface area (Å²) in [6.07, 6.45) is 12.1. The highest BCUT2D eigenvalue weighted by molar-refractivity contribution is 5.76. The maximum absolute atomic E-state index is 12.9. The van der Waals surface area contributed by atoms with Crippen LogP contribution >= 0.6 is 0 Å². The minimum atomic E-state index is -0.484. The van der Waals surface area contributed by atoms with Crippen LogP contribution < -0.4 is 21.9 Å². The normalized spacial score (nSPS) is 21.7. The first-order chi connectivity index (χ1) is 16.1. The molecule has 0 amide bonds. The molecular formula is C24H22N6O3. The molecule has 0 saturated heterocycles. The summed E-state index contributed by atoms with van der Waals surface area (Å²) in [5, 5.41) is 7.08. The summed E-state index contributed by atoms with van der Waals surface area (Å²) < 4.78 is 8.20. The van der Waals surface area contributed by atoms with Crippen molar-refractivity contribution >= 4 is 23.2 Å². The molecule has 0 aromatic carbocycles. The van der Waals surface area contributed by atoms with Crippen molar-refractivity contribution in [1.29, 1.82) is 0 Å². The lowest BCUT2D eigenvalue weighted by atomic mass is 9.70. The minimum Gasteiger partial charge on any atom is -0.390 e. The van der Waals surface area contributed by atoms with E-state index in [9.17, 15) is 9.59 Å². The van der Waals surface area contributed by atoms with Gasteiger partial charge in [-0.25, -0.2) is 14.8 Å². The number of nitrogens with zero attached hydrogens (tertiary/aromatic N) is 6. The van der Waals surface area contributed by atoms with Crippen LogP contribution in [0.5, 0.6) is 0 Å². The van der Waals surface area contributed by atoms with Crippen LogP contribution in [0.4, 0.5) is 0 Å². The molecule has 1 unspecified atom stereocenters. The Morgan fingerprint density at radius 3 is 2.88 bits per heavy atom. The van der Waals surface area contributed by atoms with Gasteiger partial charge in [0.05, 0.1) is 16.8 Å². The molecule has 4 aromatic rings. The number of hydrogen-bond donors (Lipinski definition) is 0. The topological polar surface area (TPSA) is 109 Å². The standard InChI is InChI=1S/C24H22N6O3/c1-14-6-8-26-22-21(14)23(31)29(13-27-22)12-20-28-30(24(32)33-20)18-10-17(11-18)15-4-5-19-16(9-15)3-2-7-25-19/h2-3,5-9,13,15,17-18H,4,10-12H2,1H3. The maximum atomic E-state index is 12.9. The lowest BCUT2D eigenvalue weighted by molar-refractivity contribution is 0.142. The van der Waals surface area contributed by atoms with Crippen molar-refractivity contribution in [3.8, 4) is 0 Å². The van der Waals surface area contributed by atoms with Crippen LogP contribution in [0.2, 0.25) is 0 Å². The smallest absolute Gasteiger partial charge is 0.390 e. The maximum Gasteiger partial charge on any atom is 0.437 e. The summed E-state index contributed by atoms with van der Waals surface area (Å²) in [5.74, 6) is 0.654. The summed E-state index contributed by atoms with van der Waals surface area (Å²) in [6.45, 7) is 1.89. The molecule has 9 heteroatoms. The molecule has 0 spiro atoms. The van der Waals surface area contributed by atoms with E-state index in [2.05, 4.69) is 38.3 Å². The van der Waals surface area contributed by atoms with E-state index in [0.717, 1.165) is 30.2 Å². The van der Waals surface area contributed by atoms with Crippen LogP contribution in [0.3, 0.4) is 0 Å². The van der Waals surface area contributed by atoms with E-state index in [1.54, 1.807) is 12.3 Å². The largest absolute Gasteiger partial charge is 0.437 e. The Kier molecular flexibility index (Phi) is 4.56. The second-order valence-corrected chi connectivity index (χ2v) is 8.84. The fraction of sp³-hybridized carbons (Fsp3) is 0.333. The van der Waals surface area contributed by atoms with Gasteiger partial charge in [0, 0.05) is 12.4 Å². The predicted molar refractivity (Wildman–Crippen MR) is 121 cm³/mol. The molecule has 0 bridgehead atoms. The van der Waals surface area contributed by atoms with Crippen LogP contribution in [0.25, 0.3) is 23.2 Å². The first kappa shape index (κ1) is 19.8. The van der Waals surface area contributed by atoms with Gasteiger partial charge < -0.3 is 4.42 Å². The zero-order chi connectivity index (χ0) is 22.5. The molecule has 0 radical (unpaired) electrons. The van der Waals surface area contributed by atoms with E-state index >= 15 is 0 Å². The molecule has 0 N–H and O–H groups in total. The Labute approximate surface area is 187 Å². The molecule has 2 aliphatic carbocycles. The van der Waals surface area contributed by atoms with Crippen LogP contribution in [-0.2, 0) is 6.54 Å². The van der Waals surface area contributed by atoms with Gasteiger partial charge in [-0.1, -0.05) is 18.2 Å². The predicted octanol–water partition coefficient (Wildman–Crippen LogP) is 0.925. The quantitative estimate of drug-likeness (QED) is 0.462. The highest BCUT2D eigenvalue weighted by Gasteiger charge is 2.37. The van der Waals surface area contributed by atoms with Crippen LogP contribution in [0.1, 0.15) is 36.8 Å². The number of pyridine rings is 2. The summed E-state index contributed by atoms with van der Waals surface area (Å²) in [4.78, 5) is 38.1. The minimum absolute atomic E-state index is 0.0154. The first-order valence-corrected chi connectivity index (χ1v) is 11.1. The third kappa shape index (κ3) is 3.40. The molecule has 33 heavy (non-hydrogen) atoms. The van der Waals surface area contributed by atoms with Crippen molar-refractivity contribution in [2.45, 2.75) is 38.8 Å². The Hall–Kier alpha value is -3.88. The SMILES string of the molecule is Cc1ccnc2ncn(Cc3nn(C4CC(C5C=c6cccnc6=CC5)C4)c(=O)o3)c(=O)c12. The fourth-order valence-electron chi connectivity index (χ4n) is 4.90. The number of hydrogen-bond acceptors (Lipinski definition) is 7. The van der Waals surface area contributed by atoms with Gasteiger partial charge in [-0.15, -0.1) is 5.10 Å². The summed E-state index contributed by atoms with van der Waals surface area (Å²) in [6, 6.07) is 5.84. The Bertz CT molecular complexity index is 1610. The summed E-state index contributed by atoms with van der Waals surface area (Å²) in [7, 11) is 0. The van der Waals surface area contributed by atoms with Gasteiger partial charge in [-0.05, 0) is 60.9 Å². The van der Waals surface area contributed by atoms with Gasteiger partial charge in [-0.2, -0.15) is 4.68 Å². The van der Waals surface area contributed by atoms with E-state index in [4.69, 9.17) is 4.42 Å². The lowest BCUT2D eigenvalue weighted by Crippen LogP contribution is -2.39. The van der Waals surface area contributed by atoms with Crippen molar-refractivity contribution in [2.24, 2.45) is 11.8 Å². The summed E-state index contributed by atoms with van der Waals surface area (Å²) in [5.41, 5.74) is 0.971. The van der Waals surface area contributed by atoms with Gasteiger partial charge >= 0.3 is 5.76 Å². The molecule has 6 rings (SSSR count). The average Bonchev–Trinajstić information content (AvgIpc) is 3.14. The fourth-order valence-corrected chi connectivity index (χ4v) is 4.90. The summed E-state index contributed by atoms with van der Waals surface area (Å²) >= 11 is 0. The molecular weight excluding hydrogens is 420 g/mol. The van der Waals surface area contributed by atoms with Gasteiger partial charge in [0.15, 0.2) is 5.65 Å². The number of aryl methyl sites for hydroxylation is 1. The highest BCUT2D eigenvalue weighted by Crippen LogP contribution is 2.43.